The summed E-state index contributed by atoms with van der Waals surface area (Å²) in [6.07, 6.45) is -3.46. The van der Waals surface area contributed by atoms with E-state index >= 15 is 0 Å². The van der Waals surface area contributed by atoms with Crippen LogP contribution in [0.3, 0.4) is 0 Å². The van der Waals surface area contributed by atoms with Crippen LogP contribution in [0.1, 0.15) is 23.7 Å². The third-order valence-electron chi connectivity index (χ3n) is 6.36. The molecule has 1 fully saturated rings. The number of H-pyrrole nitrogens is 1. The highest BCUT2D eigenvalue weighted by atomic mass is 19.4. The molecule has 0 saturated carbocycles. The number of benzene rings is 2. The highest BCUT2D eigenvalue weighted by Crippen LogP contribution is 2.40. The number of hydrogen-bond donors (Lipinski definition) is 2. The van der Waals surface area contributed by atoms with Gasteiger partial charge in [-0.3, -0.25) is 4.90 Å². The Morgan fingerprint density at radius 2 is 2.03 bits per heavy atom. The minimum atomic E-state index is -4.47. The molecule has 2 N–H and O–H groups in total. The molecule has 0 radical (unpaired) electrons. The number of aromatic nitrogens is 1. The van der Waals surface area contributed by atoms with E-state index in [1.54, 1.807) is 31.4 Å². The summed E-state index contributed by atoms with van der Waals surface area (Å²) in [7, 11) is 1.68. The summed E-state index contributed by atoms with van der Waals surface area (Å²) in [4.78, 5) is 4.71. The SMILES string of the molecule is COC1CCN(C2COc3cc(F)ccc3C2Nc2cccc3[nH]c(C(F)(F)F)cc23)C1. The van der Waals surface area contributed by atoms with E-state index in [0.717, 1.165) is 31.1 Å². The van der Waals surface area contributed by atoms with E-state index in [2.05, 4.69) is 15.2 Å². The molecule has 1 aromatic heterocycles. The van der Waals surface area contributed by atoms with Crippen LogP contribution >= 0.6 is 0 Å². The molecule has 5 rings (SSSR count). The predicted molar refractivity (Wildman–Crippen MR) is 112 cm³/mol. The Hall–Kier alpha value is -2.78. The van der Waals surface area contributed by atoms with Crippen molar-refractivity contribution in [3.8, 4) is 5.75 Å². The Balaban J connectivity index is 1.54. The van der Waals surface area contributed by atoms with Crippen molar-refractivity contribution in [2.24, 2.45) is 0 Å². The molecule has 2 aliphatic rings. The zero-order valence-electron chi connectivity index (χ0n) is 17.4. The first-order chi connectivity index (χ1) is 15.3. The van der Waals surface area contributed by atoms with E-state index in [1.165, 1.54) is 12.1 Å². The average molecular weight is 449 g/mol. The van der Waals surface area contributed by atoms with Gasteiger partial charge in [0, 0.05) is 48.4 Å². The molecule has 0 amide bonds. The van der Waals surface area contributed by atoms with Crippen molar-refractivity contribution < 1.29 is 27.0 Å². The molecule has 9 heteroatoms. The zero-order valence-corrected chi connectivity index (χ0v) is 17.4. The molecular weight excluding hydrogens is 426 g/mol. The number of hydrogen-bond acceptors (Lipinski definition) is 4. The van der Waals surface area contributed by atoms with Crippen LogP contribution in [-0.4, -0.2) is 48.8 Å². The summed E-state index contributed by atoms with van der Waals surface area (Å²) in [5.74, 6) is 0.0441. The maximum atomic E-state index is 13.8. The van der Waals surface area contributed by atoms with Crippen molar-refractivity contribution in [2.75, 3.05) is 32.1 Å². The number of methoxy groups -OCH3 is 1. The summed E-state index contributed by atoms with van der Waals surface area (Å²) >= 11 is 0. The second kappa shape index (κ2) is 7.97. The number of ether oxygens (including phenoxy) is 2. The molecule has 3 unspecified atom stereocenters. The lowest BCUT2D eigenvalue weighted by atomic mass is 9.94. The van der Waals surface area contributed by atoms with Gasteiger partial charge in [-0.15, -0.1) is 0 Å². The van der Waals surface area contributed by atoms with Crippen LogP contribution in [-0.2, 0) is 10.9 Å². The molecule has 3 atom stereocenters. The van der Waals surface area contributed by atoms with Crippen molar-refractivity contribution >= 4 is 16.6 Å². The fraction of sp³-hybridized carbons (Fsp3) is 0.391. The van der Waals surface area contributed by atoms with Crippen molar-refractivity contribution in [3.63, 3.8) is 0 Å². The number of aromatic amines is 1. The van der Waals surface area contributed by atoms with Gasteiger partial charge in [-0.2, -0.15) is 13.2 Å². The quantitative estimate of drug-likeness (QED) is 0.553. The minimum absolute atomic E-state index is 0.0932. The molecule has 32 heavy (non-hydrogen) atoms. The first-order valence-corrected chi connectivity index (χ1v) is 10.5. The lowest BCUT2D eigenvalue weighted by molar-refractivity contribution is -0.140. The van der Waals surface area contributed by atoms with Crippen LogP contribution in [0.2, 0.25) is 0 Å². The minimum Gasteiger partial charge on any atom is -0.491 e. The number of nitrogens with zero attached hydrogens (tertiary/aromatic N) is 1. The van der Waals surface area contributed by atoms with Gasteiger partial charge in [-0.25, -0.2) is 4.39 Å². The summed E-state index contributed by atoms with van der Waals surface area (Å²) in [6.45, 7) is 1.88. The highest BCUT2D eigenvalue weighted by Gasteiger charge is 2.39. The van der Waals surface area contributed by atoms with Crippen LogP contribution in [0.4, 0.5) is 23.2 Å². The Bertz CT molecular complexity index is 1130. The molecule has 5 nitrogen and oxygen atoms in total. The molecule has 2 aliphatic heterocycles. The molecule has 170 valence electrons. The second-order valence-corrected chi connectivity index (χ2v) is 8.27. The van der Waals surface area contributed by atoms with Gasteiger partial charge in [-0.1, -0.05) is 12.1 Å². The number of alkyl halides is 3. The molecular formula is C23H23F4N3O2. The Labute approximate surface area is 182 Å². The first-order valence-electron chi connectivity index (χ1n) is 10.5. The maximum Gasteiger partial charge on any atom is 0.431 e. The van der Waals surface area contributed by atoms with Gasteiger partial charge in [0.15, 0.2) is 0 Å². The highest BCUT2D eigenvalue weighted by molar-refractivity contribution is 5.93. The van der Waals surface area contributed by atoms with E-state index in [1.807, 2.05) is 0 Å². The van der Waals surface area contributed by atoms with Crippen molar-refractivity contribution in [2.45, 2.75) is 30.8 Å². The summed E-state index contributed by atoms with van der Waals surface area (Å²) in [5, 5.41) is 3.90. The molecule has 3 aromatic rings. The third kappa shape index (κ3) is 3.80. The Morgan fingerprint density at radius 3 is 2.78 bits per heavy atom. The molecule has 3 heterocycles. The van der Waals surface area contributed by atoms with Crippen molar-refractivity contribution in [3.05, 3.63) is 59.5 Å². The molecule has 2 aromatic carbocycles. The third-order valence-corrected chi connectivity index (χ3v) is 6.36. The van der Waals surface area contributed by atoms with Crippen LogP contribution in [0.15, 0.2) is 42.5 Å². The van der Waals surface area contributed by atoms with Crippen LogP contribution in [0.25, 0.3) is 10.9 Å². The molecule has 0 spiro atoms. The summed E-state index contributed by atoms with van der Waals surface area (Å²) < 4.78 is 65.0. The van der Waals surface area contributed by atoms with E-state index in [0.29, 0.717) is 28.9 Å². The number of likely N-dealkylation sites (tertiary alicyclic amines) is 1. The predicted octanol–water partition coefficient (Wildman–Crippen LogP) is 4.96. The van der Waals surface area contributed by atoms with Gasteiger partial charge in [0.05, 0.1) is 18.2 Å². The van der Waals surface area contributed by atoms with Crippen LogP contribution in [0, 0.1) is 5.82 Å². The average Bonchev–Trinajstić information content (AvgIpc) is 3.41. The van der Waals surface area contributed by atoms with Gasteiger partial charge >= 0.3 is 6.18 Å². The molecule has 0 aliphatic carbocycles. The normalized spacial score (nSPS) is 23.8. The summed E-state index contributed by atoms with van der Waals surface area (Å²) in [5.41, 5.74) is 0.942. The maximum absolute atomic E-state index is 13.8. The van der Waals surface area contributed by atoms with Gasteiger partial charge in [-0.05, 0) is 30.7 Å². The summed E-state index contributed by atoms with van der Waals surface area (Å²) in [6, 6.07) is 10.2. The number of anilines is 1. The largest absolute Gasteiger partial charge is 0.491 e. The zero-order chi connectivity index (χ0) is 22.5. The number of halogens is 4. The monoisotopic (exact) mass is 449 g/mol. The Morgan fingerprint density at radius 1 is 1.19 bits per heavy atom. The van der Waals surface area contributed by atoms with Gasteiger partial charge < -0.3 is 19.8 Å². The molecule has 1 saturated heterocycles. The second-order valence-electron chi connectivity index (χ2n) is 8.27. The van der Waals surface area contributed by atoms with Gasteiger partial charge in [0.2, 0.25) is 0 Å². The fourth-order valence-electron chi connectivity index (χ4n) is 4.71. The van der Waals surface area contributed by atoms with Crippen molar-refractivity contribution in [1.29, 1.82) is 0 Å². The van der Waals surface area contributed by atoms with Crippen LogP contribution in [0.5, 0.6) is 5.75 Å². The number of rotatable bonds is 4. The number of fused-ring (bicyclic) bond motifs is 2. The van der Waals surface area contributed by atoms with Crippen LogP contribution < -0.4 is 10.1 Å². The molecule has 0 bridgehead atoms. The standard InChI is InChI=1S/C23H23F4N3O2/c1-31-14-7-8-30(11-14)19-12-32-20-9-13(24)5-6-15(20)22(19)29-18-4-2-3-17-16(18)10-21(28-17)23(25,26)27/h2-6,9-10,14,19,22,28-29H,7-8,11-12H2,1H3. The first kappa shape index (κ1) is 21.1. The van der Waals surface area contributed by atoms with E-state index in [9.17, 15) is 17.6 Å². The van der Waals surface area contributed by atoms with E-state index < -0.39 is 17.7 Å². The Kier molecular flexibility index (Phi) is 5.25. The van der Waals surface area contributed by atoms with Gasteiger partial charge in [0.25, 0.3) is 0 Å². The van der Waals surface area contributed by atoms with E-state index in [4.69, 9.17) is 9.47 Å². The van der Waals surface area contributed by atoms with Gasteiger partial charge in [0.1, 0.15) is 23.9 Å². The number of nitrogens with one attached hydrogen (secondary N) is 2. The lowest BCUT2D eigenvalue weighted by Crippen LogP contribution is -2.47. The fourth-order valence-corrected chi connectivity index (χ4v) is 4.71. The van der Waals surface area contributed by atoms with E-state index in [-0.39, 0.29) is 18.2 Å². The topological polar surface area (TPSA) is 49.5 Å². The smallest absolute Gasteiger partial charge is 0.431 e. The lowest BCUT2D eigenvalue weighted by Gasteiger charge is -2.39. The van der Waals surface area contributed by atoms with Crippen molar-refractivity contribution in [1.82, 2.24) is 9.88 Å².